The molecule has 0 aromatic heterocycles. The number of rotatable bonds is 10. The first-order valence-electron chi connectivity index (χ1n) is 9.87. The highest BCUT2D eigenvalue weighted by molar-refractivity contribution is 5.98. The Labute approximate surface area is 176 Å². The molecule has 0 aliphatic heterocycles. The number of amides is 2. The van der Waals surface area contributed by atoms with Crippen LogP contribution in [0.15, 0.2) is 54.6 Å². The van der Waals surface area contributed by atoms with Crippen LogP contribution >= 0.6 is 0 Å². The van der Waals surface area contributed by atoms with Crippen LogP contribution < -0.4 is 5.32 Å². The fourth-order valence-electron chi connectivity index (χ4n) is 2.79. The van der Waals surface area contributed by atoms with Gasteiger partial charge < -0.3 is 15.0 Å². The van der Waals surface area contributed by atoms with Crippen molar-refractivity contribution in [1.82, 2.24) is 4.90 Å². The molecule has 2 aromatic carbocycles. The lowest BCUT2D eigenvalue weighted by atomic mass is 10.1. The monoisotopic (exact) mass is 410 g/mol. The second-order valence-electron chi connectivity index (χ2n) is 6.55. The second kappa shape index (κ2) is 11.5. The van der Waals surface area contributed by atoms with Crippen molar-refractivity contribution < 1.29 is 23.9 Å². The SMILES string of the molecule is CCN(CC)C(=O)c1ccc(NC(=O)COC(=O)CCC(=O)c2ccccc2)cc1. The van der Waals surface area contributed by atoms with Crippen LogP contribution in [0.1, 0.15) is 47.4 Å². The van der Waals surface area contributed by atoms with Gasteiger partial charge in [0.1, 0.15) is 0 Å². The predicted molar refractivity (Wildman–Crippen MR) is 113 cm³/mol. The van der Waals surface area contributed by atoms with Crippen LogP contribution in [0.2, 0.25) is 0 Å². The smallest absolute Gasteiger partial charge is 0.306 e. The van der Waals surface area contributed by atoms with Crippen LogP contribution in [0.5, 0.6) is 0 Å². The van der Waals surface area contributed by atoms with Crippen LogP contribution in [0.25, 0.3) is 0 Å². The van der Waals surface area contributed by atoms with Crippen molar-refractivity contribution >= 4 is 29.3 Å². The zero-order valence-corrected chi connectivity index (χ0v) is 17.2. The van der Waals surface area contributed by atoms with Gasteiger partial charge in [-0.15, -0.1) is 0 Å². The van der Waals surface area contributed by atoms with Crippen molar-refractivity contribution in [3.63, 3.8) is 0 Å². The summed E-state index contributed by atoms with van der Waals surface area (Å²) in [5, 5.41) is 2.60. The number of carbonyl (C=O) groups excluding carboxylic acids is 4. The maximum absolute atomic E-state index is 12.3. The van der Waals surface area contributed by atoms with E-state index in [0.29, 0.717) is 29.9 Å². The van der Waals surface area contributed by atoms with E-state index in [1.165, 1.54) is 0 Å². The number of Topliss-reactive ketones (excluding diaryl/α,β-unsaturated/α-hetero) is 1. The van der Waals surface area contributed by atoms with Crippen molar-refractivity contribution in [1.29, 1.82) is 0 Å². The van der Waals surface area contributed by atoms with E-state index in [1.807, 2.05) is 13.8 Å². The van der Waals surface area contributed by atoms with Crippen molar-refractivity contribution in [2.24, 2.45) is 0 Å². The fraction of sp³-hybridized carbons (Fsp3) is 0.304. The second-order valence-corrected chi connectivity index (χ2v) is 6.55. The molecule has 158 valence electrons. The molecule has 0 heterocycles. The number of nitrogens with zero attached hydrogens (tertiary/aromatic N) is 1. The van der Waals surface area contributed by atoms with E-state index in [4.69, 9.17) is 4.74 Å². The molecule has 0 aliphatic rings. The molecule has 1 N–H and O–H groups in total. The molecule has 0 aliphatic carbocycles. The molecule has 0 atom stereocenters. The van der Waals surface area contributed by atoms with Crippen molar-refractivity contribution in [3.8, 4) is 0 Å². The van der Waals surface area contributed by atoms with Crippen molar-refractivity contribution in [3.05, 3.63) is 65.7 Å². The minimum absolute atomic E-state index is 0.0203. The molecule has 30 heavy (non-hydrogen) atoms. The van der Waals surface area contributed by atoms with Gasteiger partial charge in [0.2, 0.25) is 0 Å². The predicted octanol–water partition coefficient (Wildman–Crippen LogP) is 3.31. The molecule has 0 saturated heterocycles. The highest BCUT2D eigenvalue weighted by atomic mass is 16.5. The van der Waals surface area contributed by atoms with Crippen LogP contribution in [0.3, 0.4) is 0 Å². The summed E-state index contributed by atoms with van der Waals surface area (Å²) in [6, 6.07) is 15.2. The lowest BCUT2D eigenvalue weighted by molar-refractivity contribution is -0.147. The first-order valence-corrected chi connectivity index (χ1v) is 9.87. The van der Waals surface area contributed by atoms with Crippen molar-refractivity contribution in [2.45, 2.75) is 26.7 Å². The Morgan fingerprint density at radius 3 is 2.07 bits per heavy atom. The largest absolute Gasteiger partial charge is 0.456 e. The third-order valence-corrected chi connectivity index (χ3v) is 4.48. The Balaban J connectivity index is 1.75. The quantitative estimate of drug-likeness (QED) is 0.479. The van der Waals surface area contributed by atoms with Crippen LogP contribution in [0, 0.1) is 0 Å². The van der Waals surface area contributed by atoms with Gasteiger partial charge in [-0.1, -0.05) is 30.3 Å². The van der Waals surface area contributed by atoms with Crippen LogP contribution in [-0.2, 0) is 14.3 Å². The molecular formula is C23H26N2O5. The minimum atomic E-state index is -0.616. The normalized spacial score (nSPS) is 10.2. The van der Waals surface area contributed by atoms with Gasteiger partial charge in [0, 0.05) is 36.3 Å². The molecule has 0 radical (unpaired) electrons. The lowest BCUT2D eigenvalue weighted by Crippen LogP contribution is -2.30. The molecule has 2 aromatic rings. The maximum atomic E-state index is 12.3. The van der Waals surface area contributed by atoms with Gasteiger partial charge in [-0.3, -0.25) is 19.2 Å². The standard InChI is InChI=1S/C23H26N2O5/c1-3-25(4-2)23(29)18-10-12-19(13-11-18)24-21(27)16-30-22(28)15-14-20(26)17-8-6-5-7-9-17/h5-13H,3-4,14-16H2,1-2H3,(H,24,27). The molecule has 0 unspecified atom stereocenters. The highest BCUT2D eigenvalue weighted by Crippen LogP contribution is 2.12. The Kier molecular flexibility index (Phi) is 8.75. The van der Waals surface area contributed by atoms with Gasteiger partial charge in [0.25, 0.3) is 11.8 Å². The van der Waals surface area contributed by atoms with E-state index in [-0.39, 0.29) is 24.5 Å². The summed E-state index contributed by atoms with van der Waals surface area (Å²) < 4.78 is 4.92. The highest BCUT2D eigenvalue weighted by Gasteiger charge is 2.14. The van der Waals surface area contributed by atoms with E-state index in [9.17, 15) is 19.2 Å². The van der Waals surface area contributed by atoms with Crippen LogP contribution in [-0.4, -0.2) is 48.2 Å². The zero-order valence-electron chi connectivity index (χ0n) is 17.2. The zero-order chi connectivity index (χ0) is 21.9. The molecule has 0 bridgehead atoms. The Hall–Kier alpha value is -3.48. The third kappa shape index (κ3) is 6.84. The fourth-order valence-corrected chi connectivity index (χ4v) is 2.79. The average molecular weight is 410 g/mol. The van der Waals surface area contributed by atoms with E-state index in [1.54, 1.807) is 59.5 Å². The van der Waals surface area contributed by atoms with Crippen LogP contribution in [0.4, 0.5) is 5.69 Å². The number of esters is 1. The van der Waals surface area contributed by atoms with E-state index in [2.05, 4.69) is 5.32 Å². The molecule has 7 nitrogen and oxygen atoms in total. The number of hydrogen-bond acceptors (Lipinski definition) is 5. The molecule has 2 amide bonds. The number of nitrogens with one attached hydrogen (secondary N) is 1. The summed E-state index contributed by atoms with van der Waals surface area (Å²) in [5.41, 5.74) is 1.56. The number of carbonyl (C=O) groups is 4. The topological polar surface area (TPSA) is 92.8 Å². The summed E-state index contributed by atoms with van der Waals surface area (Å²) in [6.45, 7) is 4.62. The van der Waals surface area contributed by atoms with Gasteiger partial charge >= 0.3 is 5.97 Å². The minimum Gasteiger partial charge on any atom is -0.456 e. The third-order valence-electron chi connectivity index (χ3n) is 4.48. The Morgan fingerprint density at radius 2 is 1.47 bits per heavy atom. The first-order chi connectivity index (χ1) is 14.4. The van der Waals surface area contributed by atoms with Gasteiger partial charge in [0.15, 0.2) is 12.4 Å². The number of hydrogen-bond donors (Lipinski definition) is 1. The average Bonchev–Trinajstić information content (AvgIpc) is 2.78. The Bertz CT molecular complexity index is 874. The number of anilines is 1. The molecule has 0 fully saturated rings. The Morgan fingerprint density at radius 1 is 0.833 bits per heavy atom. The molecular weight excluding hydrogens is 384 g/mol. The van der Waals surface area contributed by atoms with Gasteiger partial charge in [-0.25, -0.2) is 0 Å². The number of ether oxygens (including phenoxy) is 1. The summed E-state index contributed by atoms with van der Waals surface area (Å²) in [5.74, 6) is -1.34. The molecule has 2 rings (SSSR count). The lowest BCUT2D eigenvalue weighted by Gasteiger charge is -2.18. The summed E-state index contributed by atoms with van der Waals surface area (Å²) >= 11 is 0. The van der Waals surface area contributed by atoms with E-state index >= 15 is 0 Å². The summed E-state index contributed by atoms with van der Waals surface area (Å²) in [6.07, 6.45) is -0.0737. The van der Waals surface area contributed by atoms with E-state index in [0.717, 1.165) is 0 Å². The van der Waals surface area contributed by atoms with E-state index < -0.39 is 18.5 Å². The van der Waals surface area contributed by atoms with Gasteiger partial charge in [-0.05, 0) is 38.1 Å². The molecule has 0 saturated carbocycles. The molecule has 7 heteroatoms. The summed E-state index contributed by atoms with van der Waals surface area (Å²) in [4.78, 5) is 49.7. The number of ketones is 1. The maximum Gasteiger partial charge on any atom is 0.306 e. The summed E-state index contributed by atoms with van der Waals surface area (Å²) in [7, 11) is 0. The molecule has 0 spiro atoms. The van der Waals surface area contributed by atoms with Crippen molar-refractivity contribution in [2.75, 3.05) is 25.0 Å². The first kappa shape index (κ1) is 22.8. The van der Waals surface area contributed by atoms with Gasteiger partial charge in [0.05, 0.1) is 6.42 Å². The number of benzene rings is 2. The van der Waals surface area contributed by atoms with Gasteiger partial charge in [-0.2, -0.15) is 0 Å².